The van der Waals surface area contributed by atoms with Crippen LogP contribution in [0.4, 0.5) is 0 Å². The van der Waals surface area contributed by atoms with Gasteiger partial charge in [-0.3, -0.25) is 0 Å². The van der Waals surface area contributed by atoms with Crippen molar-refractivity contribution in [3.05, 3.63) is 54.0 Å². The third kappa shape index (κ3) is 2.33. The molecule has 0 bridgehead atoms. The molecule has 3 rings (SSSR count). The minimum absolute atomic E-state index is 0.0281. The van der Waals surface area contributed by atoms with Crippen LogP contribution in [-0.2, 0) is 0 Å². The van der Waals surface area contributed by atoms with Gasteiger partial charge in [-0.1, -0.05) is 27.5 Å². The predicted molar refractivity (Wildman–Crippen MR) is 86.9 cm³/mol. The maximum atomic E-state index is 11.4. The molecule has 104 valence electrons. The molecule has 0 saturated carbocycles. The normalized spacial score (nSPS) is 12.9. The van der Waals surface area contributed by atoms with E-state index in [9.17, 15) is 4.79 Å². The SMILES string of the molecule is CNC(c1cc2[nH]c(=O)[nH]c2cc1Br)c1sccc1Cl. The second-order valence-electron chi connectivity index (χ2n) is 4.35. The van der Waals surface area contributed by atoms with Crippen LogP contribution in [0.2, 0.25) is 5.02 Å². The zero-order chi connectivity index (χ0) is 14.3. The molecule has 0 saturated heterocycles. The zero-order valence-electron chi connectivity index (χ0n) is 10.5. The number of aromatic amines is 2. The highest BCUT2D eigenvalue weighted by atomic mass is 79.9. The molecular formula is C13H11BrClN3OS. The molecule has 0 spiro atoms. The number of fused-ring (bicyclic) bond motifs is 1. The quantitative estimate of drug-likeness (QED) is 0.657. The molecule has 7 heteroatoms. The lowest BCUT2D eigenvalue weighted by Gasteiger charge is -2.17. The molecule has 0 radical (unpaired) electrons. The van der Waals surface area contributed by atoms with Crippen molar-refractivity contribution in [3.63, 3.8) is 0 Å². The summed E-state index contributed by atoms with van der Waals surface area (Å²) in [6, 6.07) is 5.71. The van der Waals surface area contributed by atoms with Crippen molar-refractivity contribution >= 4 is 49.9 Å². The molecule has 1 atom stereocenters. The number of aromatic nitrogens is 2. The van der Waals surface area contributed by atoms with Gasteiger partial charge in [0.15, 0.2) is 0 Å². The van der Waals surface area contributed by atoms with Gasteiger partial charge in [0.2, 0.25) is 0 Å². The Morgan fingerprint density at radius 2 is 2.05 bits per heavy atom. The van der Waals surface area contributed by atoms with Gasteiger partial charge in [0.05, 0.1) is 22.1 Å². The highest BCUT2D eigenvalue weighted by Crippen LogP contribution is 2.36. The number of thiophene rings is 1. The van der Waals surface area contributed by atoms with E-state index < -0.39 is 0 Å². The third-order valence-electron chi connectivity index (χ3n) is 3.14. The van der Waals surface area contributed by atoms with Crippen LogP contribution in [-0.4, -0.2) is 17.0 Å². The Bertz CT molecular complexity index is 822. The fourth-order valence-electron chi connectivity index (χ4n) is 2.23. The minimum Gasteiger partial charge on any atom is -0.309 e. The second kappa shape index (κ2) is 5.37. The van der Waals surface area contributed by atoms with E-state index in [1.165, 1.54) is 0 Å². The lowest BCUT2D eigenvalue weighted by molar-refractivity contribution is 0.702. The van der Waals surface area contributed by atoms with Crippen molar-refractivity contribution in [3.8, 4) is 0 Å². The molecule has 2 aromatic heterocycles. The van der Waals surface area contributed by atoms with Gasteiger partial charge in [-0.05, 0) is 36.2 Å². The van der Waals surface area contributed by atoms with Crippen molar-refractivity contribution < 1.29 is 0 Å². The first-order chi connectivity index (χ1) is 9.60. The summed E-state index contributed by atoms with van der Waals surface area (Å²) in [5.74, 6) is 0. The summed E-state index contributed by atoms with van der Waals surface area (Å²) in [4.78, 5) is 17.9. The molecule has 3 aromatic rings. The summed E-state index contributed by atoms with van der Waals surface area (Å²) in [5, 5.41) is 5.97. The molecule has 2 heterocycles. The number of nitrogens with one attached hydrogen (secondary N) is 3. The molecule has 0 fully saturated rings. The fourth-order valence-corrected chi connectivity index (χ4v) is 4.10. The topological polar surface area (TPSA) is 60.7 Å². The van der Waals surface area contributed by atoms with Gasteiger partial charge in [-0.2, -0.15) is 0 Å². The first-order valence-corrected chi connectivity index (χ1v) is 7.97. The van der Waals surface area contributed by atoms with E-state index >= 15 is 0 Å². The van der Waals surface area contributed by atoms with E-state index in [-0.39, 0.29) is 11.7 Å². The van der Waals surface area contributed by atoms with Crippen LogP contribution in [0.15, 0.2) is 32.8 Å². The van der Waals surface area contributed by atoms with E-state index in [4.69, 9.17) is 11.6 Å². The summed E-state index contributed by atoms with van der Waals surface area (Å²) in [7, 11) is 1.89. The molecular weight excluding hydrogens is 362 g/mol. The van der Waals surface area contributed by atoms with Gasteiger partial charge < -0.3 is 15.3 Å². The number of H-pyrrole nitrogens is 2. The molecule has 1 unspecified atom stereocenters. The van der Waals surface area contributed by atoms with Crippen molar-refractivity contribution in [1.82, 2.24) is 15.3 Å². The third-order valence-corrected chi connectivity index (χ3v) is 5.25. The first kappa shape index (κ1) is 13.9. The van der Waals surface area contributed by atoms with Crippen LogP contribution in [0.1, 0.15) is 16.5 Å². The smallest absolute Gasteiger partial charge is 0.309 e. The number of halogens is 2. The molecule has 3 N–H and O–H groups in total. The van der Waals surface area contributed by atoms with Gasteiger partial charge >= 0.3 is 5.69 Å². The van der Waals surface area contributed by atoms with Crippen molar-refractivity contribution in [2.75, 3.05) is 7.05 Å². The van der Waals surface area contributed by atoms with Crippen LogP contribution >= 0.6 is 38.9 Å². The highest BCUT2D eigenvalue weighted by Gasteiger charge is 2.20. The highest BCUT2D eigenvalue weighted by molar-refractivity contribution is 9.10. The summed E-state index contributed by atoms with van der Waals surface area (Å²) in [5.41, 5.74) is 2.37. The average Bonchev–Trinajstić information content (AvgIpc) is 2.96. The van der Waals surface area contributed by atoms with E-state index in [1.807, 2.05) is 30.6 Å². The van der Waals surface area contributed by atoms with Crippen LogP contribution < -0.4 is 11.0 Å². The fraction of sp³-hybridized carbons (Fsp3) is 0.154. The van der Waals surface area contributed by atoms with E-state index in [2.05, 4.69) is 31.2 Å². The summed E-state index contributed by atoms with van der Waals surface area (Å²) in [6.07, 6.45) is 0. The molecule has 0 amide bonds. The molecule has 0 aliphatic heterocycles. The summed E-state index contributed by atoms with van der Waals surface area (Å²) >= 11 is 11.4. The average molecular weight is 373 g/mol. The van der Waals surface area contributed by atoms with Crippen LogP contribution in [0.5, 0.6) is 0 Å². The Hall–Kier alpha value is -1.08. The van der Waals surface area contributed by atoms with Gasteiger partial charge in [-0.15, -0.1) is 11.3 Å². The van der Waals surface area contributed by atoms with Crippen molar-refractivity contribution in [2.24, 2.45) is 0 Å². The van der Waals surface area contributed by atoms with Gasteiger partial charge in [-0.25, -0.2) is 4.79 Å². The Morgan fingerprint density at radius 1 is 1.35 bits per heavy atom. The number of benzene rings is 1. The van der Waals surface area contributed by atoms with E-state index in [0.717, 1.165) is 31.0 Å². The largest absolute Gasteiger partial charge is 0.323 e. The molecule has 1 aromatic carbocycles. The van der Waals surface area contributed by atoms with Gasteiger partial charge in [0.25, 0.3) is 0 Å². The molecule has 20 heavy (non-hydrogen) atoms. The maximum Gasteiger partial charge on any atom is 0.323 e. The standard InChI is InChI=1S/C13H11BrClN3OS/c1-16-11(12-8(15)2-3-20-12)6-4-9-10(5-7(6)14)18-13(19)17-9/h2-5,11,16H,1H3,(H2,17,18,19). The zero-order valence-corrected chi connectivity index (χ0v) is 13.6. The lowest BCUT2D eigenvalue weighted by atomic mass is 10.0. The lowest BCUT2D eigenvalue weighted by Crippen LogP contribution is -2.17. The molecule has 0 aliphatic rings. The maximum absolute atomic E-state index is 11.4. The van der Waals surface area contributed by atoms with Gasteiger partial charge in [0.1, 0.15) is 0 Å². The number of imidazole rings is 1. The van der Waals surface area contributed by atoms with E-state index in [0.29, 0.717) is 0 Å². The first-order valence-electron chi connectivity index (χ1n) is 5.91. The Balaban J connectivity index is 2.18. The van der Waals surface area contributed by atoms with Crippen LogP contribution in [0.3, 0.4) is 0 Å². The minimum atomic E-state index is -0.209. The predicted octanol–water partition coefficient (Wildman–Crippen LogP) is 3.64. The number of rotatable bonds is 3. The monoisotopic (exact) mass is 371 g/mol. The number of hydrogen-bond donors (Lipinski definition) is 3. The van der Waals surface area contributed by atoms with Crippen molar-refractivity contribution in [2.45, 2.75) is 6.04 Å². The second-order valence-corrected chi connectivity index (χ2v) is 6.56. The number of hydrogen-bond acceptors (Lipinski definition) is 3. The Morgan fingerprint density at radius 3 is 2.65 bits per heavy atom. The molecule has 0 aliphatic carbocycles. The Labute approximate surface area is 132 Å². The summed E-state index contributed by atoms with van der Waals surface area (Å²) < 4.78 is 0.920. The van der Waals surface area contributed by atoms with Gasteiger partial charge in [0, 0.05) is 9.35 Å². The van der Waals surface area contributed by atoms with Crippen LogP contribution in [0, 0.1) is 0 Å². The summed E-state index contributed by atoms with van der Waals surface area (Å²) in [6.45, 7) is 0. The van der Waals surface area contributed by atoms with E-state index in [1.54, 1.807) is 11.3 Å². The Kier molecular flexibility index (Phi) is 3.72. The van der Waals surface area contributed by atoms with Crippen LogP contribution in [0.25, 0.3) is 11.0 Å². The molecule has 4 nitrogen and oxygen atoms in total. The van der Waals surface area contributed by atoms with Crippen molar-refractivity contribution in [1.29, 1.82) is 0 Å².